The lowest BCUT2D eigenvalue weighted by atomic mass is 9.55. The molecule has 0 aliphatic heterocycles. The van der Waals surface area contributed by atoms with Gasteiger partial charge in [-0.05, 0) is 86.5 Å². The molecule has 1 N–H and O–H groups in total. The van der Waals surface area contributed by atoms with Crippen LogP contribution >= 0.6 is 0 Å². The van der Waals surface area contributed by atoms with Crippen LogP contribution in [0.2, 0.25) is 0 Å². The molecule has 3 aliphatic carbocycles. The highest BCUT2D eigenvalue weighted by molar-refractivity contribution is 5.93. The lowest BCUT2D eigenvalue weighted by Crippen LogP contribution is -2.42. The molecular formula is C24H30N4O. The van der Waals surface area contributed by atoms with Gasteiger partial charge in [0, 0.05) is 29.9 Å². The Kier molecular flexibility index (Phi) is 4.37. The van der Waals surface area contributed by atoms with Gasteiger partial charge in [0.25, 0.3) is 0 Å². The fourth-order valence-electron chi connectivity index (χ4n) is 6.43. The number of aromatic hydroxyl groups is 1. The first-order chi connectivity index (χ1) is 14.0. The Morgan fingerprint density at radius 3 is 2.90 bits per heavy atom. The molecule has 1 heterocycles. The molecule has 2 fully saturated rings. The van der Waals surface area contributed by atoms with Gasteiger partial charge in [0.1, 0.15) is 5.75 Å². The number of hydrogen-bond acceptors (Lipinski definition) is 4. The predicted molar refractivity (Wildman–Crippen MR) is 116 cm³/mol. The molecule has 4 atom stereocenters. The molecule has 5 nitrogen and oxygen atoms in total. The van der Waals surface area contributed by atoms with Crippen LogP contribution in [0, 0.1) is 24.2 Å². The first-order valence-corrected chi connectivity index (χ1v) is 10.9. The van der Waals surface area contributed by atoms with E-state index in [1.165, 1.54) is 42.5 Å². The summed E-state index contributed by atoms with van der Waals surface area (Å²) in [5.74, 6) is 2.46. The van der Waals surface area contributed by atoms with Crippen LogP contribution in [0.5, 0.6) is 5.75 Å². The SMILES string of the molecule is Cc1nn(C)cc1/C=N\N=C1\CC[C@H]2[C@H]3CCc4cc(O)ccc4[C@@H]3CC[C@]12C. The number of nitrogens with zero attached hydrogens (tertiary/aromatic N) is 4. The van der Waals surface area contributed by atoms with Crippen molar-refractivity contribution in [2.24, 2.45) is 34.5 Å². The Balaban J connectivity index is 1.39. The molecule has 2 aromatic rings. The number of benzene rings is 1. The highest BCUT2D eigenvalue weighted by Crippen LogP contribution is 2.60. The standard InChI is InChI=1S/C24H30N4O/c1-15-17(14-28(3)27-15)13-25-26-23-9-8-22-21-6-4-16-12-18(29)5-7-19(16)20(21)10-11-24(22,23)2/h5,7,12-14,20-22,29H,4,6,8-11H2,1-3H3/b25-13-,26-23-/t20-,21-,22-,24-/m0/s1. The van der Waals surface area contributed by atoms with Crippen LogP contribution in [-0.4, -0.2) is 26.8 Å². The second-order valence-corrected chi connectivity index (χ2v) is 9.43. The first-order valence-electron chi connectivity index (χ1n) is 10.9. The van der Waals surface area contributed by atoms with E-state index >= 15 is 0 Å². The van der Waals surface area contributed by atoms with Gasteiger partial charge in [0.2, 0.25) is 0 Å². The van der Waals surface area contributed by atoms with Crippen LogP contribution in [0.3, 0.4) is 0 Å². The number of phenols is 1. The predicted octanol–water partition coefficient (Wildman–Crippen LogP) is 4.77. The topological polar surface area (TPSA) is 62.8 Å². The van der Waals surface area contributed by atoms with Crippen molar-refractivity contribution in [2.45, 2.75) is 58.3 Å². The maximum absolute atomic E-state index is 9.86. The van der Waals surface area contributed by atoms with Gasteiger partial charge in [-0.25, -0.2) is 0 Å². The Bertz CT molecular complexity index is 1000. The molecule has 1 aromatic heterocycles. The van der Waals surface area contributed by atoms with E-state index in [2.05, 4.69) is 23.2 Å². The van der Waals surface area contributed by atoms with E-state index in [4.69, 9.17) is 5.10 Å². The first kappa shape index (κ1) is 18.6. The van der Waals surface area contributed by atoms with E-state index in [1.54, 1.807) is 0 Å². The van der Waals surface area contributed by atoms with Crippen LogP contribution in [0.25, 0.3) is 0 Å². The fraction of sp³-hybridized carbons (Fsp3) is 0.542. The number of rotatable bonds is 2. The molecule has 1 aromatic carbocycles. The van der Waals surface area contributed by atoms with Crippen molar-refractivity contribution in [3.8, 4) is 5.75 Å². The molecule has 152 valence electrons. The third kappa shape index (κ3) is 3.02. The maximum Gasteiger partial charge on any atom is 0.115 e. The summed E-state index contributed by atoms with van der Waals surface area (Å²) in [4.78, 5) is 0. The molecule has 0 bridgehead atoms. The highest BCUT2D eigenvalue weighted by Gasteiger charge is 2.53. The molecule has 2 saturated carbocycles. The minimum atomic E-state index is 0.177. The van der Waals surface area contributed by atoms with Gasteiger partial charge in [0.15, 0.2) is 0 Å². The average molecular weight is 391 g/mol. The second kappa shape index (κ2) is 6.82. The van der Waals surface area contributed by atoms with E-state index in [0.717, 1.165) is 30.0 Å². The van der Waals surface area contributed by atoms with Crippen molar-refractivity contribution < 1.29 is 5.11 Å². The molecule has 3 aliphatic rings. The molecular weight excluding hydrogens is 360 g/mol. The maximum atomic E-state index is 9.86. The van der Waals surface area contributed by atoms with E-state index in [1.807, 2.05) is 43.2 Å². The van der Waals surface area contributed by atoms with Crippen molar-refractivity contribution in [2.75, 3.05) is 0 Å². The Morgan fingerprint density at radius 2 is 2.10 bits per heavy atom. The third-order valence-electron chi connectivity index (χ3n) is 7.88. The number of aryl methyl sites for hydroxylation is 3. The number of hydrogen-bond donors (Lipinski definition) is 1. The minimum absolute atomic E-state index is 0.177. The van der Waals surface area contributed by atoms with Gasteiger partial charge in [-0.15, -0.1) is 0 Å². The average Bonchev–Trinajstić information content (AvgIpc) is 3.19. The molecule has 0 unspecified atom stereocenters. The zero-order valence-electron chi connectivity index (χ0n) is 17.6. The normalized spacial score (nSPS) is 32.4. The summed E-state index contributed by atoms with van der Waals surface area (Å²) in [6.45, 7) is 4.43. The number of phenolic OH excluding ortho intramolecular Hbond substituents is 1. The van der Waals surface area contributed by atoms with Crippen LogP contribution in [0.1, 0.15) is 67.3 Å². The van der Waals surface area contributed by atoms with Crippen LogP contribution in [-0.2, 0) is 13.5 Å². The summed E-state index contributed by atoms with van der Waals surface area (Å²) < 4.78 is 1.82. The largest absolute Gasteiger partial charge is 0.508 e. The summed E-state index contributed by atoms with van der Waals surface area (Å²) in [5, 5.41) is 23.4. The summed E-state index contributed by atoms with van der Waals surface area (Å²) in [7, 11) is 1.93. The van der Waals surface area contributed by atoms with E-state index in [0.29, 0.717) is 17.6 Å². The van der Waals surface area contributed by atoms with Crippen molar-refractivity contribution >= 4 is 11.9 Å². The molecule has 5 heteroatoms. The third-order valence-corrected chi connectivity index (χ3v) is 7.88. The highest BCUT2D eigenvalue weighted by atomic mass is 16.3. The Hall–Kier alpha value is -2.43. The van der Waals surface area contributed by atoms with Gasteiger partial charge in [-0.1, -0.05) is 13.0 Å². The molecule has 0 radical (unpaired) electrons. The molecule has 0 spiro atoms. The Morgan fingerprint density at radius 1 is 1.24 bits per heavy atom. The van der Waals surface area contributed by atoms with Gasteiger partial charge < -0.3 is 5.11 Å². The monoisotopic (exact) mass is 390 g/mol. The lowest BCUT2D eigenvalue weighted by Gasteiger charge is -2.49. The molecule has 0 saturated heterocycles. The summed E-state index contributed by atoms with van der Waals surface area (Å²) >= 11 is 0. The number of aromatic nitrogens is 2. The van der Waals surface area contributed by atoms with Gasteiger partial charge in [-0.3, -0.25) is 4.68 Å². The van der Waals surface area contributed by atoms with E-state index < -0.39 is 0 Å². The van der Waals surface area contributed by atoms with Gasteiger partial charge in [-0.2, -0.15) is 15.3 Å². The smallest absolute Gasteiger partial charge is 0.115 e. The molecule has 5 rings (SSSR count). The fourth-order valence-corrected chi connectivity index (χ4v) is 6.43. The second-order valence-electron chi connectivity index (χ2n) is 9.43. The summed E-state index contributed by atoms with van der Waals surface area (Å²) in [6.07, 6.45) is 10.8. The quantitative estimate of drug-likeness (QED) is 0.593. The van der Waals surface area contributed by atoms with E-state index in [9.17, 15) is 5.11 Å². The Labute approximate surface area is 172 Å². The van der Waals surface area contributed by atoms with Crippen LogP contribution < -0.4 is 0 Å². The lowest BCUT2D eigenvalue weighted by molar-refractivity contribution is 0.0955. The zero-order valence-corrected chi connectivity index (χ0v) is 17.6. The summed E-state index contributed by atoms with van der Waals surface area (Å²) in [5.41, 5.74) is 6.33. The van der Waals surface area contributed by atoms with E-state index in [-0.39, 0.29) is 5.41 Å². The number of fused-ring (bicyclic) bond motifs is 5. The van der Waals surface area contributed by atoms with Crippen LogP contribution in [0.15, 0.2) is 34.6 Å². The van der Waals surface area contributed by atoms with Crippen molar-refractivity contribution in [1.29, 1.82) is 0 Å². The van der Waals surface area contributed by atoms with Crippen molar-refractivity contribution in [3.05, 3.63) is 46.8 Å². The van der Waals surface area contributed by atoms with Crippen LogP contribution in [0.4, 0.5) is 0 Å². The van der Waals surface area contributed by atoms with Gasteiger partial charge in [0.05, 0.1) is 11.9 Å². The van der Waals surface area contributed by atoms with Crippen molar-refractivity contribution in [3.63, 3.8) is 0 Å². The van der Waals surface area contributed by atoms with Crippen molar-refractivity contribution in [1.82, 2.24) is 9.78 Å². The molecule has 29 heavy (non-hydrogen) atoms. The van der Waals surface area contributed by atoms with Gasteiger partial charge >= 0.3 is 0 Å². The minimum Gasteiger partial charge on any atom is -0.508 e. The summed E-state index contributed by atoms with van der Waals surface area (Å²) in [6, 6.07) is 6.02. The zero-order chi connectivity index (χ0) is 20.2. The molecule has 0 amide bonds.